The maximum Gasteiger partial charge on any atom is 0.270 e. The molecule has 0 spiro atoms. The number of thioether (sulfide) groups is 1. The Bertz CT molecular complexity index is 1280. The highest BCUT2D eigenvalue weighted by atomic mass is 79.9. The molecular formula is C25H18BrCl2NO3S2. The second-order valence-electron chi connectivity index (χ2n) is 7.14. The van der Waals surface area contributed by atoms with Crippen LogP contribution in [-0.4, -0.2) is 16.8 Å². The largest absolute Gasteiger partial charge is 0.490 e. The SMILES string of the molecule is CCOc1cc(C=C2SC(=S)N(c3ccccc3)C2=O)cc(Br)c1OCc1ccc(Cl)cc1Cl. The second kappa shape index (κ2) is 11.1. The van der Waals surface area contributed by atoms with E-state index in [-0.39, 0.29) is 12.5 Å². The molecule has 1 aliphatic heterocycles. The maximum absolute atomic E-state index is 13.1. The predicted octanol–water partition coefficient (Wildman–Crippen LogP) is 8.14. The zero-order valence-corrected chi connectivity index (χ0v) is 22.6. The van der Waals surface area contributed by atoms with E-state index in [9.17, 15) is 4.79 Å². The molecule has 4 nitrogen and oxygen atoms in total. The Kier molecular flexibility index (Phi) is 8.22. The minimum atomic E-state index is -0.159. The van der Waals surface area contributed by atoms with Gasteiger partial charge in [0, 0.05) is 15.6 Å². The summed E-state index contributed by atoms with van der Waals surface area (Å²) in [6.45, 7) is 2.58. The van der Waals surface area contributed by atoms with Crippen LogP contribution in [-0.2, 0) is 11.4 Å². The summed E-state index contributed by atoms with van der Waals surface area (Å²) in [6.07, 6.45) is 1.80. The molecule has 0 radical (unpaired) electrons. The van der Waals surface area contributed by atoms with Gasteiger partial charge in [0.2, 0.25) is 0 Å². The van der Waals surface area contributed by atoms with Crippen LogP contribution in [0.1, 0.15) is 18.1 Å². The van der Waals surface area contributed by atoms with Crippen molar-refractivity contribution in [2.75, 3.05) is 11.5 Å². The molecule has 0 aromatic heterocycles. The molecule has 3 aromatic rings. The first-order valence-electron chi connectivity index (χ1n) is 10.2. The van der Waals surface area contributed by atoms with Crippen LogP contribution in [0.2, 0.25) is 10.0 Å². The lowest BCUT2D eigenvalue weighted by Gasteiger charge is -2.15. The number of amides is 1. The third-order valence-corrected chi connectivity index (χ3v) is 7.30. The average molecular weight is 595 g/mol. The van der Waals surface area contributed by atoms with Crippen molar-refractivity contribution in [3.05, 3.63) is 91.2 Å². The number of carbonyl (C=O) groups excluding carboxylic acids is 1. The van der Waals surface area contributed by atoms with Gasteiger partial charge >= 0.3 is 0 Å². The van der Waals surface area contributed by atoms with Crippen molar-refractivity contribution in [2.45, 2.75) is 13.5 Å². The van der Waals surface area contributed by atoms with E-state index in [1.54, 1.807) is 18.2 Å². The molecule has 0 bridgehead atoms. The van der Waals surface area contributed by atoms with Crippen LogP contribution in [0.4, 0.5) is 5.69 Å². The first-order chi connectivity index (χ1) is 16.4. The quantitative estimate of drug-likeness (QED) is 0.204. The molecule has 1 fully saturated rings. The lowest BCUT2D eigenvalue weighted by Crippen LogP contribution is -2.27. The Morgan fingerprint density at radius 2 is 1.85 bits per heavy atom. The summed E-state index contributed by atoms with van der Waals surface area (Å²) in [4.78, 5) is 15.1. The number of anilines is 1. The molecule has 9 heteroatoms. The summed E-state index contributed by atoms with van der Waals surface area (Å²) < 4.78 is 13.1. The van der Waals surface area contributed by atoms with E-state index in [1.807, 2.05) is 55.5 Å². The van der Waals surface area contributed by atoms with E-state index < -0.39 is 0 Å². The summed E-state index contributed by atoms with van der Waals surface area (Å²) in [5.41, 5.74) is 2.32. The highest BCUT2D eigenvalue weighted by Gasteiger charge is 2.33. The van der Waals surface area contributed by atoms with Crippen LogP contribution in [0.15, 0.2) is 70.0 Å². The first-order valence-corrected chi connectivity index (χ1v) is 13.0. The topological polar surface area (TPSA) is 38.8 Å². The van der Waals surface area contributed by atoms with Gasteiger partial charge in [-0.3, -0.25) is 9.69 Å². The van der Waals surface area contributed by atoms with E-state index in [0.717, 1.165) is 16.8 Å². The van der Waals surface area contributed by atoms with Crippen molar-refractivity contribution >= 4 is 85.1 Å². The highest BCUT2D eigenvalue weighted by Crippen LogP contribution is 2.41. The molecule has 0 aliphatic carbocycles. The number of benzene rings is 3. The second-order valence-corrected chi connectivity index (χ2v) is 10.5. The third kappa shape index (κ3) is 5.61. The van der Waals surface area contributed by atoms with Crippen molar-refractivity contribution in [1.29, 1.82) is 0 Å². The summed E-state index contributed by atoms with van der Waals surface area (Å²) in [5.74, 6) is 0.932. The van der Waals surface area contributed by atoms with Crippen molar-refractivity contribution < 1.29 is 14.3 Å². The Morgan fingerprint density at radius 1 is 1.09 bits per heavy atom. The molecule has 1 heterocycles. The number of nitrogens with zero attached hydrogens (tertiary/aromatic N) is 1. The van der Waals surface area contributed by atoms with E-state index in [0.29, 0.717) is 41.8 Å². The Hall–Kier alpha value is -2.03. The van der Waals surface area contributed by atoms with Gasteiger partial charge in [0.1, 0.15) is 6.61 Å². The number of thiocarbonyl (C=S) groups is 1. The Balaban J connectivity index is 1.60. The fraction of sp³-hybridized carbons (Fsp3) is 0.120. The monoisotopic (exact) mass is 593 g/mol. The molecule has 1 aliphatic rings. The van der Waals surface area contributed by atoms with Crippen LogP contribution >= 0.6 is 63.1 Å². The minimum Gasteiger partial charge on any atom is -0.490 e. The van der Waals surface area contributed by atoms with Gasteiger partial charge in [-0.2, -0.15) is 0 Å². The normalized spacial score (nSPS) is 14.7. The van der Waals surface area contributed by atoms with Crippen molar-refractivity contribution in [2.24, 2.45) is 0 Å². The molecule has 0 N–H and O–H groups in total. The fourth-order valence-corrected chi connectivity index (χ4v) is 5.62. The van der Waals surface area contributed by atoms with Crippen LogP contribution in [0.5, 0.6) is 11.5 Å². The van der Waals surface area contributed by atoms with Crippen molar-refractivity contribution in [1.82, 2.24) is 0 Å². The smallest absolute Gasteiger partial charge is 0.270 e. The van der Waals surface area contributed by atoms with Gasteiger partial charge in [0.05, 0.1) is 21.7 Å². The number of para-hydroxylation sites is 1. The van der Waals surface area contributed by atoms with Gasteiger partial charge in [-0.1, -0.05) is 71.4 Å². The summed E-state index contributed by atoms with van der Waals surface area (Å²) in [7, 11) is 0. The van der Waals surface area contributed by atoms with Crippen LogP contribution in [0.3, 0.4) is 0 Å². The van der Waals surface area contributed by atoms with Gasteiger partial charge in [-0.15, -0.1) is 0 Å². The average Bonchev–Trinajstić information content (AvgIpc) is 3.08. The number of carbonyl (C=O) groups is 1. The number of hydrogen-bond acceptors (Lipinski definition) is 5. The van der Waals surface area contributed by atoms with Gasteiger partial charge in [-0.05, 0) is 70.9 Å². The van der Waals surface area contributed by atoms with E-state index in [1.165, 1.54) is 16.7 Å². The third-order valence-electron chi connectivity index (χ3n) is 4.82. The fourth-order valence-electron chi connectivity index (χ4n) is 3.28. The minimum absolute atomic E-state index is 0.159. The van der Waals surface area contributed by atoms with Gasteiger partial charge in [0.15, 0.2) is 15.8 Å². The summed E-state index contributed by atoms with van der Waals surface area (Å²) in [6, 6.07) is 18.3. The van der Waals surface area contributed by atoms with Crippen LogP contribution < -0.4 is 14.4 Å². The van der Waals surface area contributed by atoms with Gasteiger partial charge in [-0.25, -0.2) is 0 Å². The molecule has 34 heavy (non-hydrogen) atoms. The van der Waals surface area contributed by atoms with Gasteiger partial charge < -0.3 is 9.47 Å². The molecule has 0 saturated carbocycles. The number of rotatable bonds is 7. The molecular weight excluding hydrogens is 577 g/mol. The number of ether oxygens (including phenoxy) is 2. The number of halogens is 3. The van der Waals surface area contributed by atoms with E-state index in [2.05, 4.69) is 15.9 Å². The first kappa shape index (κ1) is 25.1. The highest BCUT2D eigenvalue weighted by molar-refractivity contribution is 9.10. The van der Waals surface area contributed by atoms with Crippen LogP contribution in [0.25, 0.3) is 6.08 Å². The van der Waals surface area contributed by atoms with E-state index in [4.69, 9.17) is 44.9 Å². The molecule has 3 aromatic carbocycles. The Morgan fingerprint density at radius 3 is 2.56 bits per heavy atom. The lowest BCUT2D eigenvalue weighted by molar-refractivity contribution is -0.113. The maximum atomic E-state index is 13.1. The van der Waals surface area contributed by atoms with Crippen molar-refractivity contribution in [3.8, 4) is 11.5 Å². The summed E-state index contributed by atoms with van der Waals surface area (Å²) >= 11 is 22.6. The van der Waals surface area contributed by atoms with Crippen LogP contribution in [0, 0.1) is 0 Å². The van der Waals surface area contributed by atoms with E-state index >= 15 is 0 Å². The zero-order chi connectivity index (χ0) is 24.2. The standard InChI is InChI=1S/C25H18BrCl2NO3S2/c1-2-31-21-11-15(10-19(26)23(21)32-14-16-8-9-17(27)13-20(16)28)12-22-24(30)29(25(33)34-22)18-6-4-3-5-7-18/h3-13H,2,14H2,1H3. The molecule has 1 saturated heterocycles. The number of hydrogen-bond donors (Lipinski definition) is 0. The van der Waals surface area contributed by atoms with Gasteiger partial charge in [0.25, 0.3) is 5.91 Å². The molecule has 0 unspecified atom stereocenters. The lowest BCUT2D eigenvalue weighted by atomic mass is 10.1. The summed E-state index contributed by atoms with van der Waals surface area (Å²) in [5, 5.41) is 1.09. The Labute approximate surface area is 226 Å². The molecule has 4 rings (SSSR count). The zero-order valence-electron chi connectivity index (χ0n) is 17.9. The molecule has 0 atom stereocenters. The molecule has 1 amide bonds. The molecule has 174 valence electrons. The van der Waals surface area contributed by atoms with Crippen molar-refractivity contribution in [3.63, 3.8) is 0 Å². The predicted molar refractivity (Wildman–Crippen MR) is 148 cm³/mol.